The van der Waals surface area contributed by atoms with Crippen LogP contribution in [-0.4, -0.2) is 40.4 Å². The molecular weight excluding hydrogens is 239 g/mol. The topological polar surface area (TPSA) is 73.7 Å². The zero-order chi connectivity index (χ0) is 12.4. The third-order valence-corrected chi connectivity index (χ3v) is 3.33. The van der Waals surface area contributed by atoms with E-state index in [2.05, 4.69) is 17.6 Å². The van der Waals surface area contributed by atoms with E-state index in [9.17, 15) is 4.79 Å². The summed E-state index contributed by atoms with van der Waals surface area (Å²) in [5, 5.41) is 17.9. The number of carbonyl (C=O) groups is 1. The third-order valence-electron chi connectivity index (χ3n) is 2.81. The van der Waals surface area contributed by atoms with Gasteiger partial charge in [0.15, 0.2) is 0 Å². The first kappa shape index (κ1) is 12.4. The van der Waals surface area contributed by atoms with E-state index in [4.69, 9.17) is 10.0 Å². The van der Waals surface area contributed by atoms with Crippen molar-refractivity contribution in [3.05, 3.63) is 18.3 Å². The molecule has 1 fully saturated rings. The molecule has 90 valence electrons. The minimum absolute atomic E-state index is 0.0360. The molecule has 1 saturated heterocycles. The fourth-order valence-electron chi connectivity index (χ4n) is 1.84. The largest absolute Gasteiger partial charge is 0.490 e. The van der Waals surface area contributed by atoms with Gasteiger partial charge in [0.1, 0.15) is 5.82 Å². The molecule has 1 unspecified atom stereocenters. The first-order valence-electron chi connectivity index (χ1n) is 5.35. The number of thiol groups is 1. The Kier molecular flexibility index (Phi) is 3.71. The lowest BCUT2D eigenvalue weighted by molar-refractivity contribution is -0.117. The predicted molar refractivity (Wildman–Crippen MR) is 68.4 cm³/mol. The number of nitrogens with zero attached hydrogens (tertiary/aromatic N) is 2. The van der Waals surface area contributed by atoms with Crippen molar-refractivity contribution in [2.75, 3.05) is 17.2 Å². The molecule has 0 aliphatic carbocycles. The van der Waals surface area contributed by atoms with Gasteiger partial charge in [0.05, 0.1) is 0 Å². The van der Waals surface area contributed by atoms with Gasteiger partial charge >= 0.3 is 7.12 Å². The number of amides is 1. The second kappa shape index (κ2) is 5.08. The van der Waals surface area contributed by atoms with Crippen molar-refractivity contribution >= 4 is 36.9 Å². The van der Waals surface area contributed by atoms with E-state index in [1.54, 1.807) is 17.0 Å². The van der Waals surface area contributed by atoms with Crippen molar-refractivity contribution < 1.29 is 14.8 Å². The molecule has 0 aromatic carbocycles. The average Bonchev–Trinajstić information content (AvgIpc) is 2.71. The Labute approximate surface area is 105 Å². The van der Waals surface area contributed by atoms with Crippen LogP contribution in [0.5, 0.6) is 0 Å². The molecule has 1 aromatic rings. The highest BCUT2D eigenvalue weighted by Crippen LogP contribution is 2.23. The lowest BCUT2D eigenvalue weighted by Crippen LogP contribution is -2.31. The van der Waals surface area contributed by atoms with E-state index in [0.717, 1.165) is 0 Å². The van der Waals surface area contributed by atoms with E-state index < -0.39 is 7.12 Å². The fourth-order valence-corrected chi connectivity index (χ4v) is 2.08. The Balaban J connectivity index is 2.15. The van der Waals surface area contributed by atoms with Crippen LogP contribution in [0.3, 0.4) is 0 Å². The first-order chi connectivity index (χ1) is 8.11. The van der Waals surface area contributed by atoms with Crippen LogP contribution in [0.4, 0.5) is 5.82 Å². The number of rotatable bonds is 3. The van der Waals surface area contributed by atoms with Gasteiger partial charge in [-0.25, -0.2) is 4.98 Å². The van der Waals surface area contributed by atoms with Crippen molar-refractivity contribution in [1.82, 2.24) is 4.98 Å². The summed E-state index contributed by atoms with van der Waals surface area (Å²) in [6.45, 7) is 0.621. The van der Waals surface area contributed by atoms with E-state index in [0.29, 0.717) is 30.0 Å². The quantitative estimate of drug-likeness (QED) is 0.478. The maximum Gasteiger partial charge on any atom is 0.490 e. The van der Waals surface area contributed by atoms with Crippen LogP contribution >= 0.6 is 12.6 Å². The molecule has 2 rings (SSSR count). The zero-order valence-corrected chi connectivity index (χ0v) is 10.0. The number of hydrogen-bond acceptors (Lipinski definition) is 5. The molecule has 1 atom stereocenters. The highest BCUT2D eigenvalue weighted by Gasteiger charge is 2.30. The summed E-state index contributed by atoms with van der Waals surface area (Å²) in [7, 11) is -1.53. The molecule has 2 heterocycles. The fraction of sp³-hybridized carbons (Fsp3) is 0.400. The summed E-state index contributed by atoms with van der Waals surface area (Å²) in [4.78, 5) is 17.4. The van der Waals surface area contributed by atoms with Crippen LogP contribution in [0.2, 0.25) is 0 Å². The maximum absolute atomic E-state index is 11.7. The highest BCUT2D eigenvalue weighted by atomic mass is 32.1. The van der Waals surface area contributed by atoms with Crippen molar-refractivity contribution in [3.8, 4) is 0 Å². The average molecular weight is 252 g/mol. The Morgan fingerprint density at radius 3 is 2.76 bits per heavy atom. The molecule has 7 heteroatoms. The van der Waals surface area contributed by atoms with Gasteiger partial charge in [-0.2, -0.15) is 12.6 Å². The van der Waals surface area contributed by atoms with Crippen molar-refractivity contribution in [3.63, 3.8) is 0 Å². The zero-order valence-electron chi connectivity index (χ0n) is 9.15. The molecule has 1 amide bonds. The van der Waals surface area contributed by atoms with Gasteiger partial charge in [-0.1, -0.05) is 6.07 Å². The van der Waals surface area contributed by atoms with Crippen LogP contribution in [0.15, 0.2) is 18.3 Å². The van der Waals surface area contributed by atoms with Crippen LogP contribution in [0, 0.1) is 5.92 Å². The van der Waals surface area contributed by atoms with Crippen molar-refractivity contribution in [1.29, 1.82) is 0 Å². The van der Waals surface area contributed by atoms with Crippen LogP contribution in [0.1, 0.15) is 6.42 Å². The number of aromatic nitrogens is 1. The maximum atomic E-state index is 11.7. The van der Waals surface area contributed by atoms with Gasteiger partial charge in [-0.15, -0.1) is 0 Å². The lowest BCUT2D eigenvalue weighted by Gasteiger charge is -2.15. The van der Waals surface area contributed by atoms with Gasteiger partial charge in [0.25, 0.3) is 0 Å². The summed E-state index contributed by atoms with van der Waals surface area (Å²) >= 11 is 4.19. The predicted octanol–water partition coefficient (Wildman–Crippen LogP) is -0.956. The molecule has 1 aromatic heterocycles. The van der Waals surface area contributed by atoms with Crippen molar-refractivity contribution in [2.24, 2.45) is 5.92 Å². The number of carbonyl (C=O) groups excluding carboxylic acids is 1. The Hall–Kier alpha value is -1.05. The van der Waals surface area contributed by atoms with Gasteiger partial charge in [0, 0.05) is 24.6 Å². The third kappa shape index (κ3) is 2.62. The number of hydrogen-bond donors (Lipinski definition) is 3. The molecule has 2 N–H and O–H groups in total. The monoisotopic (exact) mass is 252 g/mol. The number of pyridine rings is 1. The molecule has 0 spiro atoms. The Bertz CT molecular complexity index is 413. The van der Waals surface area contributed by atoms with Gasteiger partial charge < -0.3 is 10.0 Å². The lowest BCUT2D eigenvalue weighted by atomic mass is 9.82. The molecule has 0 radical (unpaired) electrons. The summed E-state index contributed by atoms with van der Waals surface area (Å²) < 4.78 is 0. The van der Waals surface area contributed by atoms with E-state index in [-0.39, 0.29) is 11.8 Å². The molecule has 1 aliphatic rings. The smallest absolute Gasteiger partial charge is 0.423 e. The van der Waals surface area contributed by atoms with Crippen LogP contribution in [0.25, 0.3) is 0 Å². The van der Waals surface area contributed by atoms with E-state index in [1.165, 1.54) is 6.20 Å². The number of anilines is 1. The highest BCUT2D eigenvalue weighted by molar-refractivity contribution is 7.80. The summed E-state index contributed by atoms with van der Waals surface area (Å²) in [5.41, 5.74) is 0.311. The van der Waals surface area contributed by atoms with Crippen LogP contribution < -0.4 is 10.4 Å². The van der Waals surface area contributed by atoms with Gasteiger partial charge in [0.2, 0.25) is 5.91 Å². The standard InChI is InChI=1S/C10H13BN2O3S/c14-10-3-7(6-17)5-13(10)9-2-1-8(4-12-9)11(15)16/h1-2,4,7,15-17H,3,5-6H2. The first-order valence-corrected chi connectivity index (χ1v) is 5.98. The Morgan fingerprint density at radius 2 is 2.29 bits per heavy atom. The molecule has 5 nitrogen and oxygen atoms in total. The molecular formula is C10H13BN2O3S. The second-order valence-electron chi connectivity index (χ2n) is 4.08. The second-order valence-corrected chi connectivity index (χ2v) is 4.45. The molecule has 1 aliphatic heterocycles. The summed E-state index contributed by atoms with van der Waals surface area (Å²) in [5.74, 6) is 1.52. The minimum atomic E-state index is -1.53. The molecule has 0 bridgehead atoms. The van der Waals surface area contributed by atoms with E-state index in [1.807, 2.05) is 0 Å². The summed E-state index contributed by atoms with van der Waals surface area (Å²) in [6.07, 6.45) is 1.86. The summed E-state index contributed by atoms with van der Waals surface area (Å²) in [6, 6.07) is 3.17. The van der Waals surface area contributed by atoms with Crippen molar-refractivity contribution in [2.45, 2.75) is 6.42 Å². The SMILES string of the molecule is O=C1CC(CS)CN1c1ccc(B(O)O)cn1. The minimum Gasteiger partial charge on any atom is -0.423 e. The Morgan fingerprint density at radius 1 is 1.53 bits per heavy atom. The van der Waals surface area contributed by atoms with Crippen LogP contribution in [-0.2, 0) is 4.79 Å². The van der Waals surface area contributed by atoms with E-state index >= 15 is 0 Å². The molecule has 17 heavy (non-hydrogen) atoms. The van der Waals surface area contributed by atoms with Gasteiger partial charge in [-0.3, -0.25) is 9.69 Å². The van der Waals surface area contributed by atoms with Gasteiger partial charge in [-0.05, 0) is 17.7 Å². The normalized spacial score (nSPS) is 19.8. The molecule has 0 saturated carbocycles.